The standard InChI is InChI=1S/C22H30N4O4/c1-30-21(28)17-5-7-18(8-6-17)23-22(29)25-11-2-10-24(13-14-25)19-9-12-26(20(19)27)15-16-3-4-16/h5-8,16,19H,2-4,9-15H2,1H3,(H,23,29)/t19-/m0/s1. The van der Waals surface area contributed by atoms with Gasteiger partial charge in [-0.05, 0) is 55.9 Å². The Labute approximate surface area is 177 Å². The van der Waals surface area contributed by atoms with Gasteiger partial charge in [-0.25, -0.2) is 9.59 Å². The third-order valence-electron chi connectivity index (χ3n) is 6.26. The van der Waals surface area contributed by atoms with Crippen LogP contribution in [0.3, 0.4) is 0 Å². The number of hydrogen-bond acceptors (Lipinski definition) is 5. The fourth-order valence-corrected chi connectivity index (χ4v) is 4.32. The maximum absolute atomic E-state index is 12.8. The maximum Gasteiger partial charge on any atom is 0.337 e. The normalized spacial score (nSPS) is 22.7. The monoisotopic (exact) mass is 414 g/mol. The Morgan fingerprint density at radius 2 is 1.80 bits per heavy atom. The van der Waals surface area contributed by atoms with Gasteiger partial charge in [-0.3, -0.25) is 9.69 Å². The van der Waals surface area contributed by atoms with Gasteiger partial charge in [0, 0.05) is 45.0 Å². The van der Waals surface area contributed by atoms with Crippen molar-refractivity contribution in [2.24, 2.45) is 5.92 Å². The predicted molar refractivity (Wildman–Crippen MR) is 112 cm³/mol. The van der Waals surface area contributed by atoms with Gasteiger partial charge in [0.15, 0.2) is 0 Å². The molecule has 0 spiro atoms. The summed E-state index contributed by atoms with van der Waals surface area (Å²) in [5, 5.41) is 2.89. The number of carbonyl (C=O) groups excluding carboxylic acids is 3. The van der Waals surface area contributed by atoms with Crippen molar-refractivity contribution in [3.63, 3.8) is 0 Å². The van der Waals surface area contributed by atoms with Gasteiger partial charge in [0.2, 0.25) is 5.91 Å². The second-order valence-corrected chi connectivity index (χ2v) is 8.41. The van der Waals surface area contributed by atoms with Crippen LogP contribution in [-0.2, 0) is 9.53 Å². The highest BCUT2D eigenvalue weighted by atomic mass is 16.5. The number of likely N-dealkylation sites (tertiary alicyclic amines) is 1. The highest BCUT2D eigenvalue weighted by Crippen LogP contribution is 2.31. The summed E-state index contributed by atoms with van der Waals surface area (Å²) in [6.45, 7) is 4.59. The van der Waals surface area contributed by atoms with Crippen LogP contribution in [-0.4, -0.2) is 85.0 Å². The molecule has 2 aliphatic heterocycles. The Bertz CT molecular complexity index is 793. The first kappa shape index (κ1) is 20.7. The van der Waals surface area contributed by atoms with Crippen molar-refractivity contribution in [2.75, 3.05) is 51.7 Å². The fourth-order valence-electron chi connectivity index (χ4n) is 4.32. The van der Waals surface area contributed by atoms with Crippen LogP contribution in [0, 0.1) is 5.92 Å². The van der Waals surface area contributed by atoms with Gasteiger partial charge in [0.25, 0.3) is 0 Å². The van der Waals surface area contributed by atoms with Gasteiger partial charge in [-0.15, -0.1) is 0 Å². The molecule has 0 unspecified atom stereocenters. The Balaban J connectivity index is 1.29. The quantitative estimate of drug-likeness (QED) is 0.746. The highest BCUT2D eigenvalue weighted by Gasteiger charge is 2.38. The molecule has 4 rings (SSSR count). The largest absolute Gasteiger partial charge is 0.465 e. The summed E-state index contributed by atoms with van der Waals surface area (Å²) in [7, 11) is 1.34. The number of esters is 1. The number of carbonyl (C=O) groups is 3. The third-order valence-corrected chi connectivity index (χ3v) is 6.26. The lowest BCUT2D eigenvalue weighted by Gasteiger charge is -2.26. The van der Waals surface area contributed by atoms with Crippen molar-refractivity contribution in [1.82, 2.24) is 14.7 Å². The Kier molecular flexibility index (Phi) is 6.22. The first-order valence-electron chi connectivity index (χ1n) is 10.8. The molecule has 3 aliphatic rings. The zero-order valence-corrected chi connectivity index (χ0v) is 17.5. The molecule has 8 heteroatoms. The first-order chi connectivity index (χ1) is 14.5. The molecule has 162 valence electrons. The van der Waals surface area contributed by atoms with Gasteiger partial charge >= 0.3 is 12.0 Å². The van der Waals surface area contributed by atoms with E-state index in [4.69, 9.17) is 0 Å². The van der Waals surface area contributed by atoms with E-state index in [0.717, 1.165) is 38.4 Å². The van der Waals surface area contributed by atoms with Crippen LogP contribution in [0.25, 0.3) is 0 Å². The summed E-state index contributed by atoms with van der Waals surface area (Å²) >= 11 is 0. The first-order valence-corrected chi connectivity index (χ1v) is 10.8. The van der Waals surface area contributed by atoms with Gasteiger partial charge in [0.1, 0.15) is 0 Å². The van der Waals surface area contributed by atoms with Gasteiger partial charge in [0.05, 0.1) is 18.7 Å². The van der Waals surface area contributed by atoms with Crippen LogP contribution in [0.5, 0.6) is 0 Å². The van der Waals surface area contributed by atoms with Crippen LogP contribution >= 0.6 is 0 Å². The molecule has 1 atom stereocenters. The van der Waals surface area contributed by atoms with E-state index in [1.807, 2.05) is 4.90 Å². The molecule has 3 amide bonds. The number of nitrogens with one attached hydrogen (secondary N) is 1. The van der Waals surface area contributed by atoms with E-state index in [-0.39, 0.29) is 18.0 Å². The Hall–Kier alpha value is -2.61. The Morgan fingerprint density at radius 3 is 2.50 bits per heavy atom. The summed E-state index contributed by atoms with van der Waals surface area (Å²) in [5.41, 5.74) is 1.08. The van der Waals surface area contributed by atoms with Gasteiger partial charge < -0.3 is 19.9 Å². The molecule has 0 bridgehead atoms. The average Bonchev–Trinajstić information content (AvgIpc) is 3.54. The highest BCUT2D eigenvalue weighted by molar-refractivity contribution is 5.92. The van der Waals surface area contributed by atoms with Crippen molar-refractivity contribution in [2.45, 2.75) is 31.7 Å². The summed E-state index contributed by atoms with van der Waals surface area (Å²) in [6, 6.07) is 6.46. The van der Waals surface area contributed by atoms with Gasteiger partial charge in [-0.2, -0.15) is 0 Å². The molecular weight excluding hydrogens is 384 g/mol. The zero-order valence-electron chi connectivity index (χ0n) is 17.5. The number of amides is 3. The number of ether oxygens (including phenoxy) is 1. The van der Waals surface area contributed by atoms with Crippen LogP contribution in [0.15, 0.2) is 24.3 Å². The van der Waals surface area contributed by atoms with Crippen LogP contribution in [0.2, 0.25) is 0 Å². The van der Waals surface area contributed by atoms with E-state index in [1.165, 1.54) is 20.0 Å². The van der Waals surface area contributed by atoms with Crippen molar-refractivity contribution in [3.8, 4) is 0 Å². The minimum Gasteiger partial charge on any atom is -0.465 e. The second kappa shape index (κ2) is 9.04. The molecule has 2 saturated heterocycles. The van der Waals surface area contributed by atoms with Crippen LogP contribution in [0.4, 0.5) is 10.5 Å². The lowest BCUT2D eigenvalue weighted by Crippen LogP contribution is -2.44. The minimum absolute atomic E-state index is 0.0300. The Morgan fingerprint density at radius 1 is 1.03 bits per heavy atom. The third kappa shape index (κ3) is 4.75. The molecular formula is C22H30N4O4. The number of urea groups is 1. The molecule has 1 aliphatic carbocycles. The molecule has 0 aromatic heterocycles. The lowest BCUT2D eigenvalue weighted by molar-refractivity contribution is -0.132. The molecule has 1 saturated carbocycles. The van der Waals surface area contributed by atoms with E-state index in [1.54, 1.807) is 29.2 Å². The lowest BCUT2D eigenvalue weighted by atomic mass is 10.2. The SMILES string of the molecule is COC(=O)c1ccc(NC(=O)N2CCCN([C@H]3CCN(CC4CC4)C3=O)CC2)cc1. The van der Waals surface area contributed by atoms with E-state index < -0.39 is 5.97 Å². The fraction of sp³-hybridized carbons (Fsp3) is 0.591. The van der Waals surface area contributed by atoms with Crippen molar-refractivity contribution in [3.05, 3.63) is 29.8 Å². The minimum atomic E-state index is -0.405. The molecule has 1 aromatic rings. The second-order valence-electron chi connectivity index (χ2n) is 8.41. The van der Waals surface area contributed by atoms with Crippen molar-refractivity contribution < 1.29 is 19.1 Å². The average molecular weight is 415 g/mol. The summed E-state index contributed by atoms with van der Waals surface area (Å²) in [5.74, 6) is 0.584. The van der Waals surface area contributed by atoms with Crippen molar-refractivity contribution >= 4 is 23.6 Å². The van der Waals surface area contributed by atoms with E-state index in [0.29, 0.717) is 30.9 Å². The summed E-state index contributed by atoms with van der Waals surface area (Å²) in [4.78, 5) is 43.1. The molecule has 1 aromatic carbocycles. The molecule has 3 fully saturated rings. The number of methoxy groups -OCH3 is 1. The molecule has 0 radical (unpaired) electrons. The topological polar surface area (TPSA) is 82.2 Å². The van der Waals surface area contributed by atoms with Crippen molar-refractivity contribution in [1.29, 1.82) is 0 Å². The smallest absolute Gasteiger partial charge is 0.337 e. The molecule has 30 heavy (non-hydrogen) atoms. The van der Waals surface area contributed by atoms with Crippen LogP contribution < -0.4 is 5.32 Å². The zero-order chi connectivity index (χ0) is 21.1. The van der Waals surface area contributed by atoms with Crippen LogP contribution in [0.1, 0.15) is 36.0 Å². The number of benzene rings is 1. The summed E-state index contributed by atoms with van der Waals surface area (Å²) in [6.07, 6.45) is 4.26. The number of hydrogen-bond donors (Lipinski definition) is 1. The number of anilines is 1. The van der Waals surface area contributed by atoms with E-state index >= 15 is 0 Å². The van der Waals surface area contributed by atoms with E-state index in [9.17, 15) is 14.4 Å². The number of nitrogens with zero attached hydrogens (tertiary/aromatic N) is 3. The molecule has 2 heterocycles. The van der Waals surface area contributed by atoms with E-state index in [2.05, 4.69) is 15.0 Å². The maximum atomic E-state index is 12.8. The van der Waals surface area contributed by atoms with Gasteiger partial charge in [-0.1, -0.05) is 0 Å². The molecule has 1 N–H and O–H groups in total. The predicted octanol–water partition coefficient (Wildman–Crippen LogP) is 2.02. The molecule has 8 nitrogen and oxygen atoms in total. The number of rotatable bonds is 5. The summed E-state index contributed by atoms with van der Waals surface area (Å²) < 4.78 is 4.69.